The van der Waals surface area contributed by atoms with Crippen molar-refractivity contribution in [2.24, 2.45) is 0 Å². The van der Waals surface area contributed by atoms with Crippen LogP contribution in [0.5, 0.6) is 0 Å². The number of aromatic amines is 1. The van der Waals surface area contributed by atoms with Gasteiger partial charge >= 0.3 is 0 Å². The Balaban J connectivity index is 2.06. The monoisotopic (exact) mass is 242 g/mol. The summed E-state index contributed by atoms with van der Waals surface area (Å²) in [5.41, 5.74) is 2.89. The van der Waals surface area contributed by atoms with E-state index in [4.69, 9.17) is 5.11 Å². The van der Waals surface area contributed by atoms with Gasteiger partial charge in [0, 0.05) is 18.9 Å². The summed E-state index contributed by atoms with van der Waals surface area (Å²) in [5, 5.41) is 12.4. The maximum Gasteiger partial charge on any atom is 0.208 e. The molecule has 0 aliphatic carbocycles. The molecular weight excluding hydrogens is 228 g/mol. The van der Waals surface area contributed by atoms with Crippen molar-refractivity contribution in [1.29, 1.82) is 0 Å². The summed E-state index contributed by atoms with van der Waals surface area (Å²) in [7, 11) is 0. The molecule has 0 aliphatic heterocycles. The average Bonchev–Trinajstić information content (AvgIpc) is 3.00. The lowest BCUT2D eigenvalue weighted by Gasteiger charge is -2.07. The lowest BCUT2D eigenvalue weighted by molar-refractivity contribution is 0.278. The SMILES string of the molecule is OCCn1c(Nc2cc[nH]c2)nc2ccccc21. The Kier molecular flexibility index (Phi) is 2.74. The second-order valence-electron chi connectivity index (χ2n) is 4.02. The molecule has 0 bridgehead atoms. The van der Waals surface area contributed by atoms with Gasteiger partial charge in [-0.05, 0) is 18.2 Å². The van der Waals surface area contributed by atoms with Gasteiger partial charge in [0.05, 0.1) is 23.3 Å². The van der Waals surface area contributed by atoms with E-state index < -0.39 is 0 Å². The fraction of sp³-hybridized carbons (Fsp3) is 0.154. The molecule has 0 aliphatic rings. The summed E-state index contributed by atoms with van der Waals surface area (Å²) in [4.78, 5) is 7.52. The number of aliphatic hydroxyl groups is 1. The number of hydrogen-bond donors (Lipinski definition) is 3. The molecule has 0 saturated heterocycles. The Hall–Kier alpha value is -2.27. The van der Waals surface area contributed by atoms with Crippen molar-refractivity contribution in [3.8, 4) is 0 Å². The van der Waals surface area contributed by atoms with E-state index in [0.717, 1.165) is 22.7 Å². The third-order valence-electron chi connectivity index (χ3n) is 2.83. The number of rotatable bonds is 4. The summed E-state index contributed by atoms with van der Waals surface area (Å²) < 4.78 is 1.97. The molecule has 0 spiro atoms. The van der Waals surface area contributed by atoms with Crippen molar-refractivity contribution >= 4 is 22.7 Å². The highest BCUT2D eigenvalue weighted by atomic mass is 16.3. The highest BCUT2D eigenvalue weighted by Gasteiger charge is 2.09. The molecule has 3 N–H and O–H groups in total. The fourth-order valence-corrected chi connectivity index (χ4v) is 2.03. The lowest BCUT2D eigenvalue weighted by atomic mass is 10.3. The second-order valence-corrected chi connectivity index (χ2v) is 4.02. The molecule has 1 aromatic carbocycles. The zero-order valence-electron chi connectivity index (χ0n) is 9.80. The number of para-hydroxylation sites is 2. The summed E-state index contributed by atoms with van der Waals surface area (Å²) >= 11 is 0. The highest BCUT2D eigenvalue weighted by Crippen LogP contribution is 2.22. The number of fused-ring (bicyclic) bond motifs is 1. The molecular formula is C13H14N4O. The van der Waals surface area contributed by atoms with E-state index in [1.54, 1.807) is 0 Å². The van der Waals surface area contributed by atoms with Crippen LogP contribution in [0.3, 0.4) is 0 Å². The third kappa shape index (κ3) is 1.84. The van der Waals surface area contributed by atoms with Crippen LogP contribution in [0.2, 0.25) is 0 Å². The van der Waals surface area contributed by atoms with Gasteiger partial charge in [-0.25, -0.2) is 4.98 Å². The Labute approximate surface area is 104 Å². The minimum Gasteiger partial charge on any atom is -0.395 e. The minimum absolute atomic E-state index is 0.0855. The molecule has 3 rings (SSSR count). The molecule has 0 radical (unpaired) electrons. The van der Waals surface area contributed by atoms with Crippen molar-refractivity contribution < 1.29 is 5.11 Å². The van der Waals surface area contributed by atoms with Crippen LogP contribution < -0.4 is 5.32 Å². The largest absolute Gasteiger partial charge is 0.395 e. The Morgan fingerprint density at radius 3 is 2.94 bits per heavy atom. The van der Waals surface area contributed by atoms with Crippen LogP contribution in [0.4, 0.5) is 11.6 Å². The average molecular weight is 242 g/mol. The summed E-state index contributed by atoms with van der Waals surface area (Å²) in [6.07, 6.45) is 3.71. The van der Waals surface area contributed by atoms with Crippen LogP contribution in [-0.4, -0.2) is 26.2 Å². The van der Waals surface area contributed by atoms with Gasteiger partial charge in [-0.15, -0.1) is 0 Å². The molecule has 0 amide bonds. The molecule has 0 fully saturated rings. The van der Waals surface area contributed by atoms with E-state index in [2.05, 4.69) is 15.3 Å². The molecule has 5 nitrogen and oxygen atoms in total. The zero-order chi connectivity index (χ0) is 12.4. The molecule has 2 heterocycles. The van der Waals surface area contributed by atoms with Gasteiger partial charge in [0.1, 0.15) is 0 Å². The molecule has 2 aromatic heterocycles. The van der Waals surface area contributed by atoms with E-state index in [0.29, 0.717) is 6.54 Å². The number of H-pyrrole nitrogens is 1. The first kappa shape index (κ1) is 10.9. The number of aliphatic hydroxyl groups excluding tert-OH is 1. The van der Waals surface area contributed by atoms with Crippen molar-refractivity contribution in [3.63, 3.8) is 0 Å². The summed E-state index contributed by atoms with van der Waals surface area (Å²) in [6, 6.07) is 9.82. The number of nitrogens with zero attached hydrogens (tertiary/aromatic N) is 2. The molecule has 18 heavy (non-hydrogen) atoms. The highest BCUT2D eigenvalue weighted by molar-refractivity contribution is 5.79. The van der Waals surface area contributed by atoms with Crippen LogP contribution in [0.25, 0.3) is 11.0 Å². The van der Waals surface area contributed by atoms with Crippen LogP contribution in [0, 0.1) is 0 Å². The lowest BCUT2D eigenvalue weighted by Crippen LogP contribution is -2.06. The Bertz CT molecular complexity index is 642. The first-order valence-corrected chi connectivity index (χ1v) is 5.84. The zero-order valence-corrected chi connectivity index (χ0v) is 9.80. The predicted octanol–water partition coefficient (Wildman–Crippen LogP) is 2.10. The van der Waals surface area contributed by atoms with E-state index in [-0.39, 0.29) is 6.61 Å². The first-order chi connectivity index (χ1) is 8.88. The number of imidazole rings is 1. The van der Waals surface area contributed by atoms with Crippen molar-refractivity contribution in [1.82, 2.24) is 14.5 Å². The number of benzene rings is 1. The molecule has 92 valence electrons. The molecule has 0 unspecified atom stereocenters. The number of anilines is 2. The van der Waals surface area contributed by atoms with E-state index in [1.807, 2.05) is 47.3 Å². The van der Waals surface area contributed by atoms with Crippen LogP contribution >= 0.6 is 0 Å². The van der Waals surface area contributed by atoms with Gasteiger partial charge in [0.25, 0.3) is 0 Å². The van der Waals surface area contributed by atoms with E-state index in [1.165, 1.54) is 0 Å². The fourth-order valence-electron chi connectivity index (χ4n) is 2.03. The maximum atomic E-state index is 9.17. The van der Waals surface area contributed by atoms with Gasteiger partial charge < -0.3 is 20.0 Å². The van der Waals surface area contributed by atoms with Crippen LogP contribution in [0.15, 0.2) is 42.7 Å². The second kappa shape index (κ2) is 4.54. The molecule has 3 aromatic rings. The quantitative estimate of drug-likeness (QED) is 0.656. The number of hydrogen-bond acceptors (Lipinski definition) is 3. The number of aromatic nitrogens is 3. The summed E-state index contributed by atoms with van der Waals surface area (Å²) in [5.74, 6) is 0.741. The first-order valence-electron chi connectivity index (χ1n) is 5.84. The van der Waals surface area contributed by atoms with E-state index in [9.17, 15) is 0 Å². The van der Waals surface area contributed by atoms with Crippen molar-refractivity contribution in [2.45, 2.75) is 6.54 Å². The topological polar surface area (TPSA) is 65.9 Å². The van der Waals surface area contributed by atoms with Crippen molar-refractivity contribution in [3.05, 3.63) is 42.7 Å². The standard InChI is InChI=1S/C13H14N4O/c18-8-7-17-12-4-2-1-3-11(12)16-13(17)15-10-5-6-14-9-10/h1-6,9,14,18H,7-8H2,(H,15,16). The normalized spacial score (nSPS) is 10.9. The van der Waals surface area contributed by atoms with E-state index >= 15 is 0 Å². The smallest absolute Gasteiger partial charge is 0.208 e. The van der Waals surface area contributed by atoms with Gasteiger partial charge in [0.2, 0.25) is 5.95 Å². The van der Waals surface area contributed by atoms with Gasteiger partial charge in [-0.1, -0.05) is 12.1 Å². The maximum absolute atomic E-state index is 9.17. The van der Waals surface area contributed by atoms with Crippen molar-refractivity contribution in [2.75, 3.05) is 11.9 Å². The number of nitrogens with one attached hydrogen (secondary N) is 2. The molecule has 0 atom stereocenters. The predicted molar refractivity (Wildman–Crippen MR) is 70.9 cm³/mol. The molecule has 0 saturated carbocycles. The van der Waals surface area contributed by atoms with Gasteiger partial charge in [-0.2, -0.15) is 0 Å². The van der Waals surface area contributed by atoms with Gasteiger partial charge in [0.15, 0.2) is 0 Å². The van der Waals surface area contributed by atoms with Crippen LogP contribution in [-0.2, 0) is 6.54 Å². The molecule has 5 heteroatoms. The Morgan fingerprint density at radius 1 is 1.28 bits per heavy atom. The third-order valence-corrected chi connectivity index (χ3v) is 2.83. The minimum atomic E-state index is 0.0855. The van der Waals surface area contributed by atoms with Crippen LogP contribution in [0.1, 0.15) is 0 Å². The Morgan fingerprint density at radius 2 is 2.17 bits per heavy atom. The van der Waals surface area contributed by atoms with Gasteiger partial charge in [-0.3, -0.25) is 0 Å². The summed E-state index contributed by atoms with van der Waals surface area (Å²) in [6.45, 7) is 0.607.